The number of halogens is 4. The molecule has 0 aromatic heterocycles. The molecule has 0 aliphatic carbocycles. The highest BCUT2D eigenvalue weighted by Crippen LogP contribution is 2.38. The Bertz CT molecular complexity index is 1060. The van der Waals surface area contributed by atoms with Crippen molar-refractivity contribution in [3.05, 3.63) is 89.0 Å². The minimum Gasteiger partial charge on any atom is -0.454 e. The number of ether oxygens (including phenoxy) is 2. The molecule has 0 amide bonds. The summed E-state index contributed by atoms with van der Waals surface area (Å²) >= 11 is 0. The Kier molecular flexibility index (Phi) is 9.58. The maximum absolute atomic E-state index is 15.0. The van der Waals surface area contributed by atoms with Gasteiger partial charge in [0.2, 0.25) is 0 Å². The second-order valence-electron chi connectivity index (χ2n) is 8.58. The van der Waals surface area contributed by atoms with Gasteiger partial charge in [0.1, 0.15) is 22.9 Å². The number of benzene rings is 3. The van der Waals surface area contributed by atoms with Gasteiger partial charge in [-0.05, 0) is 60.7 Å². The molecular formula is C29H31F4O2. The van der Waals surface area contributed by atoms with Crippen LogP contribution in [0.5, 0.6) is 17.2 Å². The smallest absolute Gasteiger partial charge is 0.432 e. The number of hydrogen-bond acceptors (Lipinski definition) is 2. The molecular weight excluding hydrogens is 456 g/mol. The normalized spacial score (nSPS) is 11.5. The van der Waals surface area contributed by atoms with E-state index in [1.54, 1.807) is 36.4 Å². The molecule has 2 nitrogen and oxygen atoms in total. The number of rotatable bonds is 13. The summed E-state index contributed by atoms with van der Waals surface area (Å²) in [5.41, 5.74) is 0.532. The van der Waals surface area contributed by atoms with Crippen molar-refractivity contribution in [2.75, 3.05) is 0 Å². The van der Waals surface area contributed by atoms with E-state index in [1.807, 2.05) is 6.92 Å². The Balaban J connectivity index is 1.70. The number of hydrogen-bond donors (Lipinski definition) is 0. The van der Waals surface area contributed by atoms with Gasteiger partial charge in [-0.3, -0.25) is 0 Å². The molecule has 0 heterocycles. The fourth-order valence-electron chi connectivity index (χ4n) is 3.81. The molecule has 3 aromatic carbocycles. The van der Waals surface area contributed by atoms with E-state index < -0.39 is 29.1 Å². The summed E-state index contributed by atoms with van der Waals surface area (Å²) in [7, 11) is 0. The third-order valence-corrected chi connectivity index (χ3v) is 5.70. The van der Waals surface area contributed by atoms with Crippen LogP contribution in [-0.4, -0.2) is 0 Å². The molecule has 0 saturated carbocycles. The second-order valence-corrected chi connectivity index (χ2v) is 8.58. The van der Waals surface area contributed by atoms with Crippen LogP contribution in [0.15, 0.2) is 54.6 Å². The summed E-state index contributed by atoms with van der Waals surface area (Å²) < 4.78 is 69.1. The standard InChI is InChI=1S/C29H31F4O2/c1-3-5-6-7-8-10-22-13-17-24(18-14-22)35-29(32,33)27-25(30)19-20-26(28(27)31)34-23-15-11-21(9-4-2)12-16-23/h11-19H,3-10H2,1-2H3. The quantitative estimate of drug-likeness (QED) is 0.177. The average molecular weight is 488 g/mol. The van der Waals surface area contributed by atoms with Crippen LogP contribution in [0.4, 0.5) is 17.6 Å². The van der Waals surface area contributed by atoms with Gasteiger partial charge in [0.05, 0.1) is 0 Å². The third kappa shape index (κ3) is 7.48. The van der Waals surface area contributed by atoms with Crippen LogP contribution < -0.4 is 9.47 Å². The zero-order valence-corrected chi connectivity index (χ0v) is 20.2. The molecule has 3 aromatic rings. The lowest BCUT2D eigenvalue weighted by molar-refractivity contribution is -0.189. The van der Waals surface area contributed by atoms with Crippen LogP contribution in [0.3, 0.4) is 0 Å². The van der Waals surface area contributed by atoms with E-state index in [2.05, 4.69) is 13.0 Å². The molecule has 6 heteroatoms. The molecule has 0 spiro atoms. The van der Waals surface area contributed by atoms with Crippen LogP contribution in [0.1, 0.15) is 69.1 Å². The van der Waals surface area contributed by atoms with Crippen LogP contribution in [0.25, 0.3) is 0 Å². The minimum atomic E-state index is -4.26. The zero-order valence-electron chi connectivity index (χ0n) is 20.2. The van der Waals surface area contributed by atoms with Gasteiger partial charge in [0.15, 0.2) is 11.6 Å². The van der Waals surface area contributed by atoms with Crippen molar-refractivity contribution in [3.8, 4) is 17.2 Å². The summed E-state index contributed by atoms with van der Waals surface area (Å²) in [6.45, 7) is 4.20. The molecule has 0 atom stereocenters. The molecule has 1 radical (unpaired) electrons. The maximum atomic E-state index is 15.0. The van der Waals surface area contributed by atoms with Crippen LogP contribution in [0.2, 0.25) is 0 Å². The highest BCUT2D eigenvalue weighted by molar-refractivity contribution is 5.38. The number of unbranched alkanes of at least 4 members (excludes halogenated alkanes) is 4. The second kappa shape index (κ2) is 12.6. The first-order chi connectivity index (χ1) is 16.8. The molecule has 0 saturated heterocycles. The molecule has 0 unspecified atom stereocenters. The van der Waals surface area contributed by atoms with Crippen LogP contribution in [0, 0.1) is 17.7 Å². The van der Waals surface area contributed by atoms with Crippen molar-refractivity contribution in [1.29, 1.82) is 0 Å². The Morgan fingerprint density at radius 3 is 1.97 bits per heavy atom. The first kappa shape index (κ1) is 26.6. The van der Waals surface area contributed by atoms with Gasteiger partial charge in [0.25, 0.3) is 0 Å². The number of aryl methyl sites for hydroxylation is 2. The van der Waals surface area contributed by atoms with E-state index in [4.69, 9.17) is 9.47 Å². The molecule has 0 aliphatic rings. The molecule has 187 valence electrons. The third-order valence-electron chi connectivity index (χ3n) is 5.70. The van der Waals surface area contributed by atoms with Crippen molar-refractivity contribution in [3.63, 3.8) is 0 Å². The van der Waals surface area contributed by atoms with Crippen molar-refractivity contribution < 1.29 is 27.0 Å². The highest BCUT2D eigenvalue weighted by Gasteiger charge is 2.42. The summed E-state index contributed by atoms with van der Waals surface area (Å²) in [6, 6.07) is 15.8. The van der Waals surface area contributed by atoms with E-state index in [0.717, 1.165) is 43.2 Å². The first-order valence-electron chi connectivity index (χ1n) is 12.2. The molecule has 0 bridgehead atoms. The van der Waals surface area contributed by atoms with Gasteiger partial charge >= 0.3 is 6.11 Å². The van der Waals surface area contributed by atoms with Gasteiger partial charge in [0, 0.05) is 6.07 Å². The Labute approximate surface area is 204 Å². The van der Waals surface area contributed by atoms with Gasteiger partial charge in [-0.1, -0.05) is 70.2 Å². The van der Waals surface area contributed by atoms with E-state index in [0.29, 0.717) is 6.07 Å². The zero-order chi connectivity index (χ0) is 25.3. The fourth-order valence-corrected chi connectivity index (χ4v) is 3.81. The van der Waals surface area contributed by atoms with Crippen LogP contribution >= 0.6 is 0 Å². The topological polar surface area (TPSA) is 18.5 Å². The molecule has 0 N–H and O–H groups in total. The Morgan fingerprint density at radius 1 is 0.743 bits per heavy atom. The molecule has 0 fully saturated rings. The first-order valence-corrected chi connectivity index (χ1v) is 12.2. The van der Waals surface area contributed by atoms with Gasteiger partial charge < -0.3 is 9.47 Å². The van der Waals surface area contributed by atoms with Gasteiger partial charge in [-0.2, -0.15) is 8.78 Å². The molecule has 3 rings (SSSR count). The van der Waals surface area contributed by atoms with E-state index in [-0.39, 0.29) is 11.5 Å². The van der Waals surface area contributed by atoms with E-state index in [9.17, 15) is 17.6 Å². The van der Waals surface area contributed by atoms with Crippen molar-refractivity contribution in [1.82, 2.24) is 0 Å². The van der Waals surface area contributed by atoms with Crippen molar-refractivity contribution in [2.45, 2.75) is 71.3 Å². The monoisotopic (exact) mass is 487 g/mol. The molecule has 0 aliphatic heterocycles. The predicted molar refractivity (Wildman–Crippen MR) is 129 cm³/mol. The lowest BCUT2D eigenvalue weighted by Crippen LogP contribution is -2.25. The highest BCUT2D eigenvalue weighted by atomic mass is 19.3. The summed E-state index contributed by atoms with van der Waals surface area (Å²) in [5, 5.41) is 0. The van der Waals surface area contributed by atoms with Crippen LogP contribution in [-0.2, 0) is 19.0 Å². The van der Waals surface area contributed by atoms with E-state index >= 15 is 0 Å². The average Bonchev–Trinajstić information content (AvgIpc) is 2.83. The summed E-state index contributed by atoms with van der Waals surface area (Å²) in [6.07, 6.45) is 4.06. The maximum Gasteiger partial charge on any atom is 0.432 e. The van der Waals surface area contributed by atoms with Crippen molar-refractivity contribution >= 4 is 0 Å². The van der Waals surface area contributed by atoms with Crippen molar-refractivity contribution in [2.24, 2.45) is 0 Å². The SMILES string of the molecule is CCCCCCCc1ccc(OC(F)(F)c2c(F)c[c]c(Oc3ccc(CCC)cc3)c2F)cc1. The van der Waals surface area contributed by atoms with Gasteiger partial charge in [-0.15, -0.1) is 0 Å². The summed E-state index contributed by atoms with van der Waals surface area (Å²) in [4.78, 5) is 0. The Hall–Kier alpha value is -3.02. The van der Waals surface area contributed by atoms with E-state index in [1.165, 1.54) is 31.4 Å². The number of alkyl halides is 2. The lowest BCUT2D eigenvalue weighted by Gasteiger charge is -2.20. The lowest BCUT2D eigenvalue weighted by atomic mass is 10.1. The Morgan fingerprint density at radius 2 is 1.34 bits per heavy atom. The summed E-state index contributed by atoms with van der Waals surface area (Å²) in [5.74, 6) is -3.62. The predicted octanol–water partition coefficient (Wildman–Crippen LogP) is 9.15. The largest absolute Gasteiger partial charge is 0.454 e. The fraction of sp³-hybridized carbons (Fsp3) is 0.379. The van der Waals surface area contributed by atoms with Gasteiger partial charge in [-0.25, -0.2) is 8.78 Å². The minimum absolute atomic E-state index is 0.189. The molecule has 35 heavy (non-hydrogen) atoms.